The smallest absolute Gasteiger partial charge is 0.347 e. The van der Waals surface area contributed by atoms with Gasteiger partial charge < -0.3 is 9.88 Å². The summed E-state index contributed by atoms with van der Waals surface area (Å²) in [6.07, 6.45) is -1.71. The third-order valence-electron chi connectivity index (χ3n) is 3.58. The van der Waals surface area contributed by atoms with Crippen molar-refractivity contribution in [2.75, 3.05) is 0 Å². The van der Waals surface area contributed by atoms with Crippen LogP contribution < -0.4 is 5.32 Å². The minimum atomic E-state index is -4.42. The summed E-state index contributed by atoms with van der Waals surface area (Å²) < 4.78 is 39.8. The number of nitrogens with zero attached hydrogens (tertiary/aromatic N) is 2. The van der Waals surface area contributed by atoms with E-state index in [1.54, 1.807) is 0 Å². The zero-order valence-corrected chi connectivity index (χ0v) is 13.0. The molecule has 1 amide bonds. The van der Waals surface area contributed by atoms with Gasteiger partial charge in [-0.1, -0.05) is 36.4 Å². The number of benzene rings is 2. The lowest BCUT2D eigenvalue weighted by atomic mass is 10.2. The molecule has 0 spiro atoms. The van der Waals surface area contributed by atoms with Crippen molar-refractivity contribution in [2.24, 2.45) is 0 Å². The lowest BCUT2D eigenvalue weighted by Gasteiger charge is -2.08. The van der Waals surface area contributed by atoms with Gasteiger partial charge in [-0.15, -0.1) is 0 Å². The Balaban J connectivity index is 1.73. The number of imidazole rings is 1. The summed E-state index contributed by atoms with van der Waals surface area (Å²) in [6.45, 7) is 0.343. The molecule has 0 bridgehead atoms. The molecule has 0 aliphatic rings. The molecule has 7 heteroatoms. The van der Waals surface area contributed by atoms with Gasteiger partial charge in [0.1, 0.15) is 12.0 Å². The Morgan fingerprint density at radius 1 is 1.08 bits per heavy atom. The highest BCUT2D eigenvalue weighted by Crippen LogP contribution is 2.30. The van der Waals surface area contributed by atoms with Crippen LogP contribution >= 0.6 is 0 Å². The molecule has 0 aliphatic carbocycles. The molecular formula is C18H14F3N3O. The van der Waals surface area contributed by atoms with Crippen molar-refractivity contribution in [3.63, 3.8) is 0 Å². The average molecular weight is 345 g/mol. The molecule has 25 heavy (non-hydrogen) atoms. The van der Waals surface area contributed by atoms with Gasteiger partial charge in [0.25, 0.3) is 5.91 Å². The number of aromatic nitrogens is 2. The van der Waals surface area contributed by atoms with E-state index in [1.165, 1.54) is 29.2 Å². The molecule has 0 aliphatic heterocycles. The summed E-state index contributed by atoms with van der Waals surface area (Å²) in [5.41, 5.74) is 0.597. The van der Waals surface area contributed by atoms with Crippen LogP contribution in [0.2, 0.25) is 0 Å². The molecule has 0 unspecified atom stereocenters. The van der Waals surface area contributed by atoms with Crippen molar-refractivity contribution >= 4 is 5.91 Å². The van der Waals surface area contributed by atoms with Crippen LogP contribution in [0.1, 0.15) is 21.6 Å². The van der Waals surface area contributed by atoms with Gasteiger partial charge in [0.2, 0.25) is 0 Å². The van der Waals surface area contributed by atoms with E-state index in [-0.39, 0.29) is 11.4 Å². The van der Waals surface area contributed by atoms with Crippen molar-refractivity contribution in [1.29, 1.82) is 0 Å². The van der Waals surface area contributed by atoms with Crippen molar-refractivity contribution in [3.8, 4) is 5.69 Å². The number of nitrogens with one attached hydrogen (secondary N) is 1. The number of alkyl halides is 3. The molecular weight excluding hydrogens is 331 g/mol. The van der Waals surface area contributed by atoms with E-state index in [1.807, 2.05) is 30.3 Å². The number of hydrogen-bond acceptors (Lipinski definition) is 2. The Kier molecular flexibility index (Phi) is 4.56. The Morgan fingerprint density at radius 3 is 2.56 bits per heavy atom. The van der Waals surface area contributed by atoms with Gasteiger partial charge in [0.15, 0.2) is 0 Å². The third-order valence-corrected chi connectivity index (χ3v) is 3.58. The third kappa shape index (κ3) is 4.06. The molecule has 0 atom stereocenters. The normalized spacial score (nSPS) is 11.3. The zero-order chi connectivity index (χ0) is 17.9. The number of amides is 1. The van der Waals surface area contributed by atoms with E-state index in [9.17, 15) is 18.0 Å². The van der Waals surface area contributed by atoms with Crippen LogP contribution in [-0.4, -0.2) is 15.5 Å². The van der Waals surface area contributed by atoms with Crippen LogP contribution in [-0.2, 0) is 12.7 Å². The Morgan fingerprint density at radius 2 is 1.84 bits per heavy atom. The zero-order valence-electron chi connectivity index (χ0n) is 13.0. The minimum absolute atomic E-state index is 0.133. The van der Waals surface area contributed by atoms with E-state index in [4.69, 9.17) is 0 Å². The maximum atomic E-state index is 12.8. The van der Waals surface area contributed by atoms with Gasteiger partial charge in [-0.3, -0.25) is 4.79 Å². The van der Waals surface area contributed by atoms with Crippen molar-refractivity contribution in [2.45, 2.75) is 12.7 Å². The second kappa shape index (κ2) is 6.80. The predicted molar refractivity (Wildman–Crippen MR) is 86.2 cm³/mol. The standard InChI is InChI=1S/C18H14F3N3O/c19-18(20,21)14-7-4-8-15(9-14)24-11-16(23-12-24)17(25)22-10-13-5-2-1-3-6-13/h1-9,11-12H,10H2,(H,22,25). The van der Waals surface area contributed by atoms with Crippen LogP contribution in [0.4, 0.5) is 13.2 Å². The second-order valence-corrected chi connectivity index (χ2v) is 5.38. The van der Waals surface area contributed by atoms with Crippen molar-refractivity contribution in [1.82, 2.24) is 14.9 Å². The largest absolute Gasteiger partial charge is 0.416 e. The fourth-order valence-electron chi connectivity index (χ4n) is 2.29. The van der Waals surface area contributed by atoms with Crippen LogP contribution in [0.25, 0.3) is 5.69 Å². The van der Waals surface area contributed by atoms with E-state index >= 15 is 0 Å². The Hall–Kier alpha value is -3.09. The maximum absolute atomic E-state index is 12.8. The van der Waals surface area contributed by atoms with Gasteiger partial charge in [-0.2, -0.15) is 13.2 Å². The van der Waals surface area contributed by atoms with Gasteiger partial charge >= 0.3 is 6.18 Å². The number of carbonyl (C=O) groups excluding carboxylic acids is 1. The minimum Gasteiger partial charge on any atom is -0.347 e. The topological polar surface area (TPSA) is 46.9 Å². The molecule has 1 aromatic heterocycles. The molecule has 0 saturated heterocycles. The first kappa shape index (κ1) is 16.8. The Bertz CT molecular complexity index is 873. The van der Waals surface area contributed by atoms with Crippen molar-refractivity contribution in [3.05, 3.63) is 83.9 Å². The van der Waals surface area contributed by atoms with Crippen LogP contribution in [0, 0.1) is 0 Å². The van der Waals surface area contributed by atoms with Gasteiger partial charge in [-0.05, 0) is 23.8 Å². The van der Waals surface area contributed by atoms with E-state index < -0.39 is 17.6 Å². The SMILES string of the molecule is O=C(NCc1ccccc1)c1cn(-c2cccc(C(F)(F)F)c2)cn1. The molecule has 0 radical (unpaired) electrons. The fourth-order valence-corrected chi connectivity index (χ4v) is 2.29. The molecule has 4 nitrogen and oxygen atoms in total. The summed E-state index contributed by atoms with van der Waals surface area (Å²) in [5, 5.41) is 2.72. The highest BCUT2D eigenvalue weighted by molar-refractivity contribution is 5.92. The number of halogens is 3. The van der Waals surface area contributed by atoms with Crippen LogP contribution in [0.3, 0.4) is 0 Å². The van der Waals surface area contributed by atoms with Crippen LogP contribution in [0.5, 0.6) is 0 Å². The van der Waals surface area contributed by atoms with Gasteiger partial charge in [-0.25, -0.2) is 4.98 Å². The van der Waals surface area contributed by atoms with E-state index in [2.05, 4.69) is 10.3 Å². The summed E-state index contributed by atoms with van der Waals surface area (Å²) in [4.78, 5) is 16.1. The quantitative estimate of drug-likeness (QED) is 0.781. The summed E-state index contributed by atoms with van der Waals surface area (Å²) >= 11 is 0. The first-order valence-corrected chi connectivity index (χ1v) is 7.47. The molecule has 1 heterocycles. The summed E-state index contributed by atoms with van der Waals surface area (Å²) in [7, 11) is 0. The molecule has 3 rings (SSSR count). The number of rotatable bonds is 4. The first-order chi connectivity index (χ1) is 11.9. The number of carbonyl (C=O) groups is 1. The van der Waals surface area contributed by atoms with Crippen LogP contribution in [0.15, 0.2) is 67.1 Å². The lowest BCUT2D eigenvalue weighted by Crippen LogP contribution is -2.23. The van der Waals surface area contributed by atoms with Crippen molar-refractivity contribution < 1.29 is 18.0 Å². The van der Waals surface area contributed by atoms with Gasteiger partial charge in [0, 0.05) is 18.4 Å². The molecule has 0 fully saturated rings. The molecule has 128 valence electrons. The molecule has 0 saturated carbocycles. The maximum Gasteiger partial charge on any atom is 0.416 e. The van der Waals surface area contributed by atoms with E-state index in [0.717, 1.165) is 17.7 Å². The number of hydrogen-bond donors (Lipinski definition) is 1. The Labute approximate surface area is 141 Å². The monoisotopic (exact) mass is 345 g/mol. The highest BCUT2D eigenvalue weighted by atomic mass is 19.4. The second-order valence-electron chi connectivity index (χ2n) is 5.38. The molecule has 2 aromatic carbocycles. The summed E-state index contributed by atoms with van der Waals surface area (Å²) in [5.74, 6) is -0.394. The van der Waals surface area contributed by atoms with E-state index in [0.29, 0.717) is 6.54 Å². The van der Waals surface area contributed by atoms with Gasteiger partial charge in [0.05, 0.1) is 5.56 Å². The molecule has 3 aromatic rings. The summed E-state index contributed by atoms with van der Waals surface area (Å²) in [6, 6.07) is 14.2. The molecule has 1 N–H and O–H groups in total. The lowest BCUT2D eigenvalue weighted by molar-refractivity contribution is -0.137. The fraction of sp³-hybridized carbons (Fsp3) is 0.111. The predicted octanol–water partition coefficient (Wildman–Crippen LogP) is 3.82. The highest BCUT2D eigenvalue weighted by Gasteiger charge is 2.30. The first-order valence-electron chi connectivity index (χ1n) is 7.47. The average Bonchev–Trinajstić information content (AvgIpc) is 3.10.